The van der Waals surface area contributed by atoms with Crippen LogP contribution in [0.25, 0.3) is 0 Å². The van der Waals surface area contributed by atoms with Crippen molar-refractivity contribution in [2.24, 2.45) is 11.7 Å². The van der Waals surface area contributed by atoms with Crippen molar-refractivity contribution in [3.63, 3.8) is 0 Å². The van der Waals surface area contributed by atoms with E-state index in [1.807, 2.05) is 0 Å². The fourth-order valence-corrected chi connectivity index (χ4v) is 9.78. The summed E-state index contributed by atoms with van der Waals surface area (Å²) < 4.78 is 31.7. The number of nitro groups is 2. The summed E-state index contributed by atoms with van der Waals surface area (Å²) in [5, 5.41) is 52.1. The summed E-state index contributed by atoms with van der Waals surface area (Å²) in [6.07, 6.45) is 5.88. The molecule has 28 nitrogen and oxygen atoms in total. The van der Waals surface area contributed by atoms with Crippen LogP contribution in [0.4, 0.5) is 35.9 Å². The minimum atomic E-state index is -5.08. The molecule has 8 amide bonds. The Kier molecular flexibility index (Phi) is 26.4. The number of H-pyrrole nitrogens is 1. The topological polar surface area (TPSA) is 414 Å². The quantitative estimate of drug-likeness (QED) is 0.0269. The van der Waals surface area contributed by atoms with Crippen molar-refractivity contribution in [1.29, 1.82) is 0 Å². The van der Waals surface area contributed by atoms with E-state index in [1.165, 1.54) is 42.2 Å². The van der Waals surface area contributed by atoms with Gasteiger partial charge in [-0.1, -0.05) is 44.2 Å². The number of hydrogen-bond acceptors (Lipinski definition) is 17. The molecule has 32 heteroatoms. The van der Waals surface area contributed by atoms with Crippen LogP contribution in [0.15, 0.2) is 55.0 Å². The van der Waals surface area contributed by atoms with Crippen LogP contribution in [-0.2, 0) is 44.8 Å². The first-order chi connectivity index (χ1) is 39.3. The number of aliphatic carboxylic acids is 1. The molecule has 3 aromatic rings. The van der Waals surface area contributed by atoms with Gasteiger partial charge in [-0.05, 0) is 75.8 Å². The number of alkyl halides is 3. The third-order valence-corrected chi connectivity index (χ3v) is 14.1. The zero-order valence-corrected chi connectivity index (χ0v) is 46.5. The molecule has 1 aliphatic carbocycles. The molecule has 454 valence electrons. The lowest BCUT2D eigenvalue weighted by atomic mass is 9.84. The number of primary amides is 1. The maximum atomic E-state index is 14.0. The van der Waals surface area contributed by atoms with E-state index >= 15 is 0 Å². The van der Waals surface area contributed by atoms with E-state index in [1.54, 1.807) is 37.6 Å². The number of carboxylic acids is 1. The fourth-order valence-electron chi connectivity index (χ4n) is 9.21. The van der Waals surface area contributed by atoms with Gasteiger partial charge in [0.2, 0.25) is 41.4 Å². The van der Waals surface area contributed by atoms with Gasteiger partial charge in [0.15, 0.2) is 0 Å². The lowest BCUT2D eigenvalue weighted by Crippen LogP contribution is -2.59. The summed E-state index contributed by atoms with van der Waals surface area (Å²) in [5.74, 6) is -8.01. The Morgan fingerprint density at radius 1 is 0.831 bits per heavy atom. The van der Waals surface area contributed by atoms with Gasteiger partial charge in [-0.2, -0.15) is 24.9 Å². The maximum Gasteiger partial charge on any atom is 0.490 e. The molecule has 2 fully saturated rings. The molecule has 5 rings (SSSR count). The number of nitro benzene ring substituents is 2. The Labute approximate surface area is 478 Å². The van der Waals surface area contributed by atoms with Gasteiger partial charge in [0.25, 0.3) is 17.3 Å². The van der Waals surface area contributed by atoms with Crippen LogP contribution in [0.5, 0.6) is 0 Å². The number of nitrogens with one attached hydrogen (secondary N) is 9. The van der Waals surface area contributed by atoms with Crippen molar-refractivity contribution in [3.05, 3.63) is 86.5 Å². The van der Waals surface area contributed by atoms with Crippen LogP contribution in [0.1, 0.15) is 93.6 Å². The van der Waals surface area contributed by atoms with Crippen molar-refractivity contribution in [2.75, 3.05) is 48.9 Å². The number of halogens is 3. The van der Waals surface area contributed by atoms with Gasteiger partial charge in [0, 0.05) is 56.0 Å². The molecule has 2 aromatic carbocycles. The monoisotopic (exact) mass is 1190 g/mol. The minimum Gasteiger partial charge on any atom is -0.475 e. The molecule has 6 atom stereocenters. The molecule has 1 saturated carbocycles. The number of para-hydroxylation sites is 1. The molecule has 0 unspecified atom stereocenters. The van der Waals surface area contributed by atoms with E-state index in [-0.39, 0.29) is 55.5 Å². The number of imidazole rings is 1. The number of nitrogens with zero attached hydrogens (tertiary/aromatic N) is 4. The lowest BCUT2D eigenvalue weighted by molar-refractivity contribution is -0.393. The number of nitrogens with two attached hydrogens (primary N) is 1. The number of aromatic nitrogens is 2. The molecule has 12 N–H and O–H groups in total. The third-order valence-electron chi connectivity index (χ3n) is 13.5. The van der Waals surface area contributed by atoms with E-state index in [4.69, 9.17) is 15.6 Å². The summed E-state index contributed by atoms with van der Waals surface area (Å²) in [7, 11) is 1.71. The molecule has 83 heavy (non-hydrogen) atoms. The van der Waals surface area contributed by atoms with Crippen molar-refractivity contribution in [3.8, 4) is 0 Å². The summed E-state index contributed by atoms with van der Waals surface area (Å²) in [6, 6.07) is 3.34. The second kappa shape index (κ2) is 32.8. The molecule has 0 bridgehead atoms. The standard InChI is InChI=1S/C49H68N14O12S.C2HF3O2/c1-29(44(66)58-35(43(50)65)16-9-10-20-53-45(67)33-14-7-8-15-34(33)51-2)56-47(69)37(23-31-25-52-28-55-31)59-48(70)38(27-76-3)57-42(64)26-54-46(68)36(22-30-12-5-4-6-13-30)60-49(71)40-17-11-21-61(40)39-19-18-32(62(72)73)24-41(39)63(74)75;3-2(4,5)1(6)7/h7-8,14-15,18-19,24-25,28-30,35-38,40,51H,4-6,9-13,16-17,20-23,26-27H2,1-3H3,(H2,50,65)(H,52,55)(H,53,67)(H,54,68)(H,56,69)(H,57,64)(H,58,66)(H,59,70)(H,60,71);(H,6,7)/t29-,35-,36-,37-,38-,40-;/m0./s1. The number of carboxylic acid groups (broad SMARTS) is 1. The maximum absolute atomic E-state index is 14.0. The number of benzene rings is 2. The molecule has 0 spiro atoms. The predicted molar refractivity (Wildman–Crippen MR) is 295 cm³/mol. The summed E-state index contributed by atoms with van der Waals surface area (Å²) >= 11 is 1.21. The average molecular weight is 1190 g/mol. The number of carbonyl (C=O) groups excluding carboxylic acids is 8. The zero-order valence-electron chi connectivity index (χ0n) is 45.7. The van der Waals surface area contributed by atoms with E-state index in [0.29, 0.717) is 42.8 Å². The summed E-state index contributed by atoms with van der Waals surface area (Å²) in [6.45, 7) is 1.32. The molecular formula is C51H69F3N14O14S. The molecule has 2 aliphatic rings. The Morgan fingerprint density at radius 2 is 1.51 bits per heavy atom. The van der Waals surface area contributed by atoms with E-state index in [9.17, 15) is 71.8 Å². The number of hydrogen-bond donors (Lipinski definition) is 11. The van der Waals surface area contributed by atoms with Crippen LogP contribution < -0.4 is 53.2 Å². The second-order valence-corrected chi connectivity index (χ2v) is 20.4. The van der Waals surface area contributed by atoms with Crippen molar-refractivity contribution in [2.45, 2.75) is 126 Å². The number of unbranched alkanes of at least 4 members (excludes halogenated alkanes) is 1. The highest BCUT2D eigenvalue weighted by Crippen LogP contribution is 2.36. The molecule has 1 aliphatic heterocycles. The van der Waals surface area contributed by atoms with E-state index in [0.717, 1.165) is 44.2 Å². The van der Waals surface area contributed by atoms with Crippen LogP contribution in [0, 0.1) is 26.1 Å². The van der Waals surface area contributed by atoms with Crippen LogP contribution in [-0.4, -0.2) is 159 Å². The lowest BCUT2D eigenvalue weighted by Gasteiger charge is -2.30. The molecule has 2 heterocycles. The number of thioether (sulfide) groups is 1. The second-order valence-electron chi connectivity index (χ2n) is 19.5. The Balaban J connectivity index is 0.00000198. The Hall–Kier alpha value is -8.58. The third kappa shape index (κ3) is 21.4. The van der Waals surface area contributed by atoms with Crippen molar-refractivity contribution in [1.82, 2.24) is 47.2 Å². The first kappa shape index (κ1) is 66.9. The summed E-state index contributed by atoms with van der Waals surface area (Å²) in [5.41, 5.74) is 6.21. The normalized spacial score (nSPS) is 15.9. The van der Waals surface area contributed by atoms with E-state index in [2.05, 4.69) is 52.5 Å². The molecule has 1 aromatic heterocycles. The fraction of sp³-hybridized carbons (Fsp3) is 0.529. The van der Waals surface area contributed by atoms with Gasteiger partial charge >= 0.3 is 12.1 Å². The smallest absolute Gasteiger partial charge is 0.475 e. The average Bonchev–Trinajstić information content (AvgIpc) is 3.87. The zero-order chi connectivity index (χ0) is 61.4. The Morgan fingerprint density at radius 3 is 2.12 bits per heavy atom. The van der Waals surface area contributed by atoms with Gasteiger partial charge in [-0.25, -0.2) is 9.78 Å². The van der Waals surface area contributed by atoms with Crippen LogP contribution in [0.3, 0.4) is 0 Å². The van der Waals surface area contributed by atoms with Crippen LogP contribution in [0.2, 0.25) is 0 Å². The highest BCUT2D eigenvalue weighted by molar-refractivity contribution is 7.98. The first-order valence-corrected chi connectivity index (χ1v) is 27.8. The molecule has 1 saturated heterocycles. The van der Waals surface area contributed by atoms with Gasteiger partial charge in [0.05, 0.1) is 34.3 Å². The number of anilines is 2. The van der Waals surface area contributed by atoms with Gasteiger partial charge in [-0.3, -0.25) is 58.6 Å². The van der Waals surface area contributed by atoms with Crippen molar-refractivity contribution < 1.29 is 71.3 Å². The highest BCUT2D eigenvalue weighted by atomic mass is 32.2. The van der Waals surface area contributed by atoms with Gasteiger partial charge in [-0.15, -0.1) is 0 Å². The largest absolute Gasteiger partial charge is 0.490 e. The number of non-ortho nitro benzene ring substituents is 1. The number of amides is 8. The Bertz CT molecular complexity index is 2770. The van der Waals surface area contributed by atoms with Crippen molar-refractivity contribution >= 4 is 87.7 Å². The van der Waals surface area contributed by atoms with Gasteiger partial charge < -0.3 is 63.3 Å². The van der Waals surface area contributed by atoms with Crippen LogP contribution >= 0.6 is 11.8 Å². The molecular weight excluding hydrogens is 1120 g/mol. The molecule has 0 radical (unpaired) electrons. The minimum absolute atomic E-state index is 0.0272. The summed E-state index contributed by atoms with van der Waals surface area (Å²) in [4.78, 5) is 146. The number of aromatic amines is 1. The SMILES string of the molecule is CNc1ccccc1C(=O)NCCCC[C@H](NC(=O)[C@H](C)NC(=O)[C@H](Cc1cnc[nH]1)NC(=O)[C@H](CSC)NC(=O)CNC(=O)[C@H](CC1CCCCC1)NC(=O)[C@@H]1CCCN1c1ccc([N+](=O)[O-])cc1[N+](=O)[O-])C(N)=O.O=C(O)C(F)(F)F. The predicted octanol–water partition coefficient (Wildman–Crippen LogP) is 2.09. The van der Waals surface area contributed by atoms with Gasteiger partial charge in [0.1, 0.15) is 41.9 Å². The number of carbonyl (C=O) groups is 9. The number of rotatable bonds is 29. The first-order valence-electron chi connectivity index (χ1n) is 26.4. The highest BCUT2D eigenvalue weighted by Gasteiger charge is 2.39. The van der Waals surface area contributed by atoms with E-state index < -0.39 is 118 Å².